The number of fused-ring (bicyclic) bond motifs is 3. The van der Waals surface area contributed by atoms with Gasteiger partial charge in [0.25, 0.3) is 0 Å². The van der Waals surface area contributed by atoms with E-state index < -0.39 is 11.9 Å². The molecule has 0 aliphatic carbocycles. The highest BCUT2D eigenvalue weighted by atomic mass is 16.2. The number of piperidine rings is 1. The maximum Gasteiger partial charge on any atom is 0.329 e. The molecule has 0 saturated carbocycles. The highest BCUT2D eigenvalue weighted by Gasteiger charge is 2.37. The Bertz CT molecular complexity index is 1020. The van der Waals surface area contributed by atoms with Gasteiger partial charge in [0.05, 0.1) is 11.0 Å². The zero-order valence-electron chi connectivity index (χ0n) is 16.0. The number of imidazole rings is 1. The van der Waals surface area contributed by atoms with Gasteiger partial charge < -0.3 is 5.32 Å². The predicted molar refractivity (Wildman–Crippen MR) is 104 cm³/mol. The number of benzene rings is 1. The minimum atomic E-state index is -0.632. The van der Waals surface area contributed by atoms with Crippen molar-refractivity contribution in [2.75, 3.05) is 19.6 Å². The van der Waals surface area contributed by atoms with Gasteiger partial charge in [-0.15, -0.1) is 0 Å². The van der Waals surface area contributed by atoms with Crippen LogP contribution in [-0.4, -0.2) is 57.6 Å². The number of hydrogen-bond acceptors (Lipinski definition) is 5. The van der Waals surface area contributed by atoms with Gasteiger partial charge in [-0.25, -0.2) is 4.79 Å². The number of nitrogens with one attached hydrogen (secondary N) is 2. The first-order valence-electron chi connectivity index (χ1n) is 10.0. The Morgan fingerprint density at radius 2 is 2.04 bits per heavy atom. The van der Waals surface area contributed by atoms with Crippen LogP contribution in [0.1, 0.15) is 30.9 Å². The zero-order valence-corrected chi connectivity index (χ0v) is 16.0. The Kier molecular flexibility index (Phi) is 4.13. The van der Waals surface area contributed by atoms with E-state index >= 15 is 0 Å². The number of likely N-dealkylation sites (tertiary alicyclic amines) is 1. The molecule has 148 valence electrons. The van der Waals surface area contributed by atoms with Crippen molar-refractivity contribution in [3.8, 4) is 0 Å². The summed E-state index contributed by atoms with van der Waals surface area (Å²) in [4.78, 5) is 39.1. The number of piperazine rings is 1. The van der Waals surface area contributed by atoms with E-state index in [9.17, 15) is 14.4 Å². The molecule has 2 amide bonds. The van der Waals surface area contributed by atoms with Crippen molar-refractivity contribution in [3.63, 3.8) is 0 Å². The molecule has 4 heterocycles. The normalized spacial score (nSPS) is 27.7. The number of aryl methyl sites for hydroxylation is 1. The number of hydrogen-bond donors (Lipinski definition) is 2. The minimum Gasteiger partial charge on any atom is -0.311 e. The number of amides is 2. The highest BCUT2D eigenvalue weighted by Crippen LogP contribution is 2.25. The van der Waals surface area contributed by atoms with Gasteiger partial charge in [0.1, 0.15) is 6.04 Å². The molecule has 2 aromatic rings. The van der Waals surface area contributed by atoms with Gasteiger partial charge in [-0.2, -0.15) is 0 Å². The Hall–Kier alpha value is -2.45. The fraction of sp³-hybridized carbons (Fsp3) is 0.550. The van der Waals surface area contributed by atoms with Gasteiger partial charge in [-0.1, -0.05) is 6.07 Å². The summed E-state index contributed by atoms with van der Waals surface area (Å²) in [5.74, 6) is -0.671. The van der Waals surface area contributed by atoms with Crippen LogP contribution in [0.3, 0.4) is 0 Å². The molecule has 8 heteroatoms. The monoisotopic (exact) mass is 383 g/mol. The van der Waals surface area contributed by atoms with Crippen LogP contribution in [0.25, 0.3) is 11.0 Å². The zero-order chi connectivity index (χ0) is 19.4. The van der Waals surface area contributed by atoms with Crippen LogP contribution in [0.15, 0.2) is 23.0 Å². The third-order valence-electron chi connectivity index (χ3n) is 6.53. The standard InChI is InChI=1S/C20H25N5O3/c1-23-17-8-12(6-7-24-11-13-9-14(24)10-21-13)2-3-15(17)25(20(23)28)16-4-5-18(26)22-19(16)27/h2-3,8,13-14,16,21H,4-7,9-11H2,1H3,(H,22,26,27)/t13-,14-,16?/m1/s1. The quantitative estimate of drug-likeness (QED) is 0.721. The molecule has 3 fully saturated rings. The molecule has 1 aromatic carbocycles. The summed E-state index contributed by atoms with van der Waals surface area (Å²) in [5.41, 5.74) is 2.55. The Labute approximate surface area is 162 Å². The maximum atomic E-state index is 12.8. The molecule has 1 aromatic heterocycles. The van der Waals surface area contributed by atoms with Crippen molar-refractivity contribution in [1.29, 1.82) is 0 Å². The molecular weight excluding hydrogens is 358 g/mol. The van der Waals surface area contributed by atoms with Crippen molar-refractivity contribution in [1.82, 2.24) is 24.7 Å². The average Bonchev–Trinajstić information content (AvgIpc) is 3.36. The number of carbonyl (C=O) groups is 2. The summed E-state index contributed by atoms with van der Waals surface area (Å²) in [6.45, 7) is 3.24. The first kappa shape index (κ1) is 17.6. The van der Waals surface area contributed by atoms with Gasteiger partial charge in [0, 0.05) is 45.2 Å². The van der Waals surface area contributed by atoms with E-state index in [1.165, 1.54) is 16.6 Å². The van der Waals surface area contributed by atoms with Crippen LogP contribution in [0.2, 0.25) is 0 Å². The van der Waals surface area contributed by atoms with Crippen LogP contribution in [-0.2, 0) is 23.1 Å². The van der Waals surface area contributed by atoms with Crippen molar-refractivity contribution in [3.05, 3.63) is 34.2 Å². The third kappa shape index (κ3) is 2.79. The van der Waals surface area contributed by atoms with Crippen LogP contribution < -0.4 is 16.3 Å². The highest BCUT2D eigenvalue weighted by molar-refractivity contribution is 6.00. The molecule has 2 N–H and O–H groups in total. The lowest BCUT2D eigenvalue weighted by molar-refractivity contribution is -0.135. The number of aromatic nitrogens is 2. The molecule has 5 rings (SSSR count). The van der Waals surface area contributed by atoms with Gasteiger partial charge in [-0.05, 0) is 37.0 Å². The summed E-state index contributed by atoms with van der Waals surface area (Å²) < 4.78 is 3.14. The fourth-order valence-corrected chi connectivity index (χ4v) is 4.99. The number of rotatable bonds is 4. The molecule has 0 radical (unpaired) electrons. The summed E-state index contributed by atoms with van der Waals surface area (Å²) >= 11 is 0. The Balaban J connectivity index is 1.41. The molecule has 0 spiro atoms. The largest absolute Gasteiger partial charge is 0.329 e. The second kappa shape index (κ2) is 6.56. The van der Waals surface area contributed by atoms with Gasteiger partial charge in [0.15, 0.2) is 0 Å². The summed E-state index contributed by atoms with van der Waals surface area (Å²) in [7, 11) is 1.74. The van der Waals surface area contributed by atoms with E-state index in [1.54, 1.807) is 11.6 Å². The van der Waals surface area contributed by atoms with Crippen molar-refractivity contribution in [2.45, 2.75) is 43.8 Å². The van der Waals surface area contributed by atoms with E-state index in [0.717, 1.165) is 37.1 Å². The number of carbonyl (C=O) groups excluding carboxylic acids is 2. The van der Waals surface area contributed by atoms with Gasteiger partial charge in [-0.3, -0.25) is 28.9 Å². The van der Waals surface area contributed by atoms with E-state index in [0.29, 0.717) is 18.5 Å². The Morgan fingerprint density at radius 1 is 1.18 bits per heavy atom. The first-order valence-corrected chi connectivity index (χ1v) is 10.0. The smallest absolute Gasteiger partial charge is 0.311 e. The van der Waals surface area contributed by atoms with Crippen LogP contribution in [0, 0.1) is 0 Å². The fourth-order valence-electron chi connectivity index (χ4n) is 4.99. The van der Waals surface area contributed by atoms with E-state index in [-0.39, 0.29) is 18.0 Å². The molecule has 3 aliphatic rings. The molecule has 3 atom stereocenters. The van der Waals surface area contributed by atoms with Crippen molar-refractivity contribution >= 4 is 22.8 Å². The molecule has 3 aliphatic heterocycles. The lowest BCUT2D eigenvalue weighted by Gasteiger charge is -2.27. The molecule has 3 saturated heterocycles. The van der Waals surface area contributed by atoms with Crippen molar-refractivity contribution < 1.29 is 9.59 Å². The third-order valence-corrected chi connectivity index (χ3v) is 6.53. The lowest BCUT2D eigenvalue weighted by Crippen LogP contribution is -2.44. The minimum absolute atomic E-state index is 0.218. The molecular formula is C20H25N5O3. The van der Waals surface area contributed by atoms with E-state index in [2.05, 4.69) is 27.7 Å². The molecule has 1 unspecified atom stereocenters. The van der Waals surface area contributed by atoms with Gasteiger partial charge in [0.2, 0.25) is 11.8 Å². The second-order valence-electron chi connectivity index (χ2n) is 8.24. The first-order chi connectivity index (χ1) is 13.5. The molecule has 8 nitrogen and oxygen atoms in total. The average molecular weight is 383 g/mol. The Morgan fingerprint density at radius 3 is 2.75 bits per heavy atom. The lowest BCUT2D eigenvalue weighted by atomic mass is 10.1. The predicted octanol–water partition coefficient (Wildman–Crippen LogP) is -0.0937. The maximum absolute atomic E-state index is 12.8. The van der Waals surface area contributed by atoms with Crippen LogP contribution in [0.4, 0.5) is 0 Å². The van der Waals surface area contributed by atoms with Crippen molar-refractivity contribution in [2.24, 2.45) is 7.05 Å². The number of nitrogens with zero attached hydrogens (tertiary/aromatic N) is 3. The topological polar surface area (TPSA) is 88.4 Å². The van der Waals surface area contributed by atoms with Crippen LogP contribution in [0.5, 0.6) is 0 Å². The molecule has 2 bridgehead atoms. The van der Waals surface area contributed by atoms with Gasteiger partial charge >= 0.3 is 5.69 Å². The SMILES string of the molecule is Cn1c(=O)n(C2CCC(=O)NC2=O)c2ccc(CCN3C[C@H]4C[C@@H]3CN4)cc21. The summed E-state index contributed by atoms with van der Waals surface area (Å²) in [6, 6.07) is 6.73. The summed E-state index contributed by atoms with van der Waals surface area (Å²) in [6.07, 6.45) is 2.81. The second-order valence-corrected chi connectivity index (χ2v) is 8.24. The van der Waals surface area contributed by atoms with E-state index in [4.69, 9.17) is 0 Å². The summed E-state index contributed by atoms with van der Waals surface area (Å²) in [5, 5.41) is 5.87. The van der Waals surface area contributed by atoms with E-state index in [1.807, 2.05) is 6.07 Å². The van der Waals surface area contributed by atoms with Crippen LogP contribution >= 0.6 is 0 Å². The molecule has 28 heavy (non-hydrogen) atoms. The number of imide groups is 1.